The maximum atomic E-state index is 9.06. The van der Waals surface area contributed by atoms with E-state index in [0.29, 0.717) is 5.41 Å². The molecule has 2 heteroatoms. The molecule has 0 heterocycles. The summed E-state index contributed by atoms with van der Waals surface area (Å²) < 4.78 is 0. The molecule has 0 aromatic carbocycles. The van der Waals surface area contributed by atoms with Crippen molar-refractivity contribution in [1.29, 1.82) is 0 Å². The maximum absolute atomic E-state index is 9.06. The van der Waals surface area contributed by atoms with E-state index < -0.39 is 0 Å². The van der Waals surface area contributed by atoms with E-state index >= 15 is 0 Å². The van der Waals surface area contributed by atoms with Crippen molar-refractivity contribution in [3.05, 3.63) is 0 Å². The lowest BCUT2D eigenvalue weighted by Gasteiger charge is -2.31. The highest BCUT2D eigenvalue weighted by Crippen LogP contribution is 2.21. The fourth-order valence-electron chi connectivity index (χ4n) is 1.30. The lowest BCUT2D eigenvalue weighted by Crippen LogP contribution is -2.46. The third-order valence-corrected chi connectivity index (χ3v) is 2.37. The van der Waals surface area contributed by atoms with Gasteiger partial charge in [0.25, 0.3) is 0 Å². The molecule has 0 amide bonds. The van der Waals surface area contributed by atoms with Crippen LogP contribution in [0.1, 0.15) is 47.5 Å². The Morgan fingerprint density at radius 3 is 2.08 bits per heavy atom. The lowest BCUT2D eigenvalue weighted by atomic mass is 9.87. The molecule has 0 aromatic rings. The van der Waals surface area contributed by atoms with Gasteiger partial charge in [-0.15, -0.1) is 0 Å². The highest BCUT2D eigenvalue weighted by Gasteiger charge is 2.21. The molecule has 0 bridgehead atoms. The Hall–Kier alpha value is -0.0800. The van der Waals surface area contributed by atoms with Crippen molar-refractivity contribution in [2.75, 3.05) is 13.2 Å². The summed E-state index contributed by atoms with van der Waals surface area (Å²) in [5.74, 6) is 0. The van der Waals surface area contributed by atoms with E-state index in [9.17, 15) is 0 Å². The molecule has 0 saturated heterocycles. The van der Waals surface area contributed by atoms with Gasteiger partial charge in [-0.2, -0.15) is 0 Å². The first-order valence-electron chi connectivity index (χ1n) is 5.19. The van der Waals surface area contributed by atoms with Crippen molar-refractivity contribution in [3.63, 3.8) is 0 Å². The van der Waals surface area contributed by atoms with Crippen LogP contribution in [0.5, 0.6) is 0 Å². The van der Waals surface area contributed by atoms with Crippen LogP contribution >= 0.6 is 0 Å². The number of rotatable bonds is 6. The topological polar surface area (TPSA) is 32.3 Å². The fraction of sp³-hybridized carbons (Fsp3) is 1.00. The van der Waals surface area contributed by atoms with Crippen LogP contribution in [-0.2, 0) is 0 Å². The Bertz CT molecular complexity index is 141. The first-order valence-corrected chi connectivity index (χ1v) is 5.19. The number of aliphatic hydroxyl groups is 1. The average molecular weight is 187 g/mol. The van der Waals surface area contributed by atoms with Crippen molar-refractivity contribution >= 4 is 0 Å². The summed E-state index contributed by atoms with van der Waals surface area (Å²) in [6.07, 6.45) is 2.44. The van der Waals surface area contributed by atoms with Crippen molar-refractivity contribution in [2.24, 2.45) is 5.41 Å². The minimum atomic E-state index is -0.148. The molecule has 0 unspecified atom stereocenters. The van der Waals surface area contributed by atoms with Crippen LogP contribution in [0.2, 0.25) is 0 Å². The predicted molar refractivity (Wildman–Crippen MR) is 57.9 cm³/mol. The monoisotopic (exact) mass is 187 g/mol. The van der Waals surface area contributed by atoms with Crippen molar-refractivity contribution in [2.45, 2.75) is 53.0 Å². The third kappa shape index (κ3) is 6.05. The molecule has 13 heavy (non-hydrogen) atoms. The number of nitrogens with one attached hydrogen (secondary N) is 1. The normalized spacial score (nSPS) is 13.4. The van der Waals surface area contributed by atoms with Gasteiger partial charge in [0.2, 0.25) is 0 Å². The van der Waals surface area contributed by atoms with Crippen LogP contribution in [0, 0.1) is 5.41 Å². The van der Waals surface area contributed by atoms with Gasteiger partial charge < -0.3 is 10.4 Å². The molecule has 0 aliphatic rings. The van der Waals surface area contributed by atoms with Gasteiger partial charge in [-0.1, -0.05) is 27.2 Å². The Morgan fingerprint density at radius 2 is 1.69 bits per heavy atom. The van der Waals surface area contributed by atoms with Crippen LogP contribution < -0.4 is 5.32 Å². The van der Waals surface area contributed by atoms with Crippen molar-refractivity contribution in [1.82, 2.24) is 5.32 Å². The van der Waals surface area contributed by atoms with Crippen LogP contribution in [0.4, 0.5) is 0 Å². The van der Waals surface area contributed by atoms with Gasteiger partial charge in [0.15, 0.2) is 0 Å². The quantitative estimate of drug-likeness (QED) is 0.668. The van der Waals surface area contributed by atoms with Crippen LogP contribution in [0.25, 0.3) is 0 Å². The van der Waals surface area contributed by atoms with E-state index in [1.165, 1.54) is 12.8 Å². The second-order valence-corrected chi connectivity index (χ2v) is 5.31. The second-order valence-electron chi connectivity index (χ2n) is 5.31. The molecule has 0 fully saturated rings. The van der Waals surface area contributed by atoms with Crippen molar-refractivity contribution < 1.29 is 5.11 Å². The molecule has 0 rings (SSSR count). The van der Waals surface area contributed by atoms with Gasteiger partial charge in [0, 0.05) is 12.1 Å². The SMILES string of the molecule is CCCC(C)(C)CNC(C)(C)CO. The third-order valence-electron chi connectivity index (χ3n) is 2.37. The van der Waals surface area contributed by atoms with E-state index in [2.05, 4.69) is 26.1 Å². The van der Waals surface area contributed by atoms with Gasteiger partial charge in [0.05, 0.1) is 6.61 Å². The minimum absolute atomic E-state index is 0.148. The van der Waals surface area contributed by atoms with E-state index in [0.717, 1.165) is 6.54 Å². The predicted octanol–water partition coefficient (Wildman–Crippen LogP) is 2.17. The van der Waals surface area contributed by atoms with Crippen LogP contribution in [0.15, 0.2) is 0 Å². The molecule has 80 valence electrons. The zero-order valence-corrected chi connectivity index (χ0v) is 9.78. The summed E-state index contributed by atoms with van der Waals surface area (Å²) in [5, 5.41) is 12.4. The Morgan fingerprint density at radius 1 is 1.15 bits per heavy atom. The second kappa shape index (κ2) is 4.97. The Kier molecular flexibility index (Phi) is 4.93. The molecule has 0 aliphatic heterocycles. The summed E-state index contributed by atoms with van der Waals surface area (Å²) in [7, 11) is 0. The molecule has 0 saturated carbocycles. The Balaban J connectivity index is 3.86. The number of hydrogen-bond acceptors (Lipinski definition) is 2. The van der Waals surface area contributed by atoms with Crippen molar-refractivity contribution in [3.8, 4) is 0 Å². The first kappa shape index (κ1) is 12.9. The zero-order valence-electron chi connectivity index (χ0n) is 9.78. The molecule has 0 spiro atoms. The van der Waals surface area contributed by atoms with Gasteiger partial charge in [-0.25, -0.2) is 0 Å². The number of hydrogen-bond donors (Lipinski definition) is 2. The minimum Gasteiger partial charge on any atom is -0.394 e. The molecule has 2 N–H and O–H groups in total. The van der Waals surface area contributed by atoms with Crippen LogP contribution in [0.3, 0.4) is 0 Å². The largest absolute Gasteiger partial charge is 0.394 e. The smallest absolute Gasteiger partial charge is 0.0607 e. The van der Waals surface area contributed by atoms with Crippen LogP contribution in [-0.4, -0.2) is 23.8 Å². The lowest BCUT2D eigenvalue weighted by molar-refractivity contribution is 0.168. The highest BCUT2D eigenvalue weighted by atomic mass is 16.3. The highest BCUT2D eigenvalue weighted by molar-refractivity contribution is 4.80. The molecule has 0 radical (unpaired) electrons. The van der Waals surface area contributed by atoms with E-state index in [4.69, 9.17) is 5.11 Å². The van der Waals surface area contributed by atoms with E-state index in [-0.39, 0.29) is 12.1 Å². The molecule has 0 aromatic heterocycles. The standard InChI is InChI=1S/C11H25NO/c1-6-7-10(2,3)8-12-11(4,5)9-13/h12-13H,6-9H2,1-5H3. The molecule has 0 atom stereocenters. The average Bonchev–Trinajstić information content (AvgIpc) is 2.02. The summed E-state index contributed by atoms with van der Waals surface area (Å²) in [4.78, 5) is 0. The molecular formula is C11H25NO. The Labute approximate surface area is 82.7 Å². The van der Waals surface area contributed by atoms with Gasteiger partial charge in [-0.3, -0.25) is 0 Å². The molecule has 0 aliphatic carbocycles. The fourth-order valence-corrected chi connectivity index (χ4v) is 1.30. The van der Waals surface area contributed by atoms with E-state index in [1.54, 1.807) is 0 Å². The molecule has 2 nitrogen and oxygen atoms in total. The van der Waals surface area contributed by atoms with Gasteiger partial charge in [-0.05, 0) is 25.7 Å². The molecular weight excluding hydrogens is 162 g/mol. The summed E-state index contributed by atoms with van der Waals surface area (Å²) in [6.45, 7) is 11.9. The van der Waals surface area contributed by atoms with Gasteiger partial charge >= 0.3 is 0 Å². The maximum Gasteiger partial charge on any atom is 0.0607 e. The first-order chi connectivity index (χ1) is 5.83. The summed E-state index contributed by atoms with van der Waals surface area (Å²) in [6, 6.07) is 0. The zero-order chi connectivity index (χ0) is 10.5. The van der Waals surface area contributed by atoms with E-state index in [1.807, 2.05) is 13.8 Å². The number of aliphatic hydroxyl groups excluding tert-OH is 1. The summed E-state index contributed by atoms with van der Waals surface area (Å²) >= 11 is 0. The van der Waals surface area contributed by atoms with Gasteiger partial charge in [0.1, 0.15) is 0 Å². The summed E-state index contributed by atoms with van der Waals surface area (Å²) in [5.41, 5.74) is 0.187.